The SMILES string of the molecule is Cc1cc2ccccc2nc1NCCSc1ccccc1. The van der Waals surface area contributed by atoms with Crippen LogP contribution in [0.2, 0.25) is 0 Å². The molecule has 1 N–H and O–H groups in total. The van der Waals surface area contributed by atoms with Crippen LogP contribution in [0.15, 0.2) is 65.6 Å². The highest BCUT2D eigenvalue weighted by molar-refractivity contribution is 7.99. The van der Waals surface area contributed by atoms with Gasteiger partial charge in [-0.1, -0.05) is 36.4 Å². The number of aromatic nitrogens is 1. The molecule has 0 aliphatic heterocycles. The number of anilines is 1. The Bertz CT molecular complexity index is 726. The molecule has 0 radical (unpaired) electrons. The Kier molecular flexibility index (Phi) is 4.41. The Hall–Kier alpha value is -2.00. The number of nitrogens with zero attached hydrogens (tertiary/aromatic N) is 1. The second-order valence-electron chi connectivity index (χ2n) is 4.93. The van der Waals surface area contributed by atoms with Crippen molar-refractivity contribution in [3.8, 4) is 0 Å². The Labute approximate surface area is 129 Å². The summed E-state index contributed by atoms with van der Waals surface area (Å²) in [5.74, 6) is 2.01. The highest BCUT2D eigenvalue weighted by Gasteiger charge is 2.02. The van der Waals surface area contributed by atoms with E-state index in [2.05, 4.69) is 54.7 Å². The molecule has 0 aliphatic rings. The number of aryl methyl sites for hydroxylation is 1. The van der Waals surface area contributed by atoms with Gasteiger partial charge in [0.2, 0.25) is 0 Å². The Balaban J connectivity index is 1.61. The highest BCUT2D eigenvalue weighted by Crippen LogP contribution is 2.20. The third-order valence-corrected chi connectivity index (χ3v) is 4.33. The number of hydrogen-bond acceptors (Lipinski definition) is 3. The molecule has 3 heteroatoms. The predicted octanol–water partition coefficient (Wildman–Crippen LogP) is 4.75. The summed E-state index contributed by atoms with van der Waals surface area (Å²) in [5, 5.41) is 4.64. The van der Waals surface area contributed by atoms with Gasteiger partial charge in [-0.3, -0.25) is 0 Å². The Morgan fingerprint density at radius 3 is 2.62 bits per heavy atom. The van der Waals surface area contributed by atoms with Crippen molar-refractivity contribution in [2.75, 3.05) is 17.6 Å². The van der Waals surface area contributed by atoms with E-state index in [0.717, 1.165) is 23.6 Å². The first kappa shape index (κ1) is 14.0. The van der Waals surface area contributed by atoms with Gasteiger partial charge in [0.25, 0.3) is 0 Å². The maximum absolute atomic E-state index is 4.70. The maximum atomic E-state index is 4.70. The van der Waals surface area contributed by atoms with Gasteiger partial charge in [0.1, 0.15) is 5.82 Å². The second kappa shape index (κ2) is 6.64. The van der Waals surface area contributed by atoms with Crippen molar-refractivity contribution in [2.45, 2.75) is 11.8 Å². The lowest BCUT2D eigenvalue weighted by molar-refractivity contribution is 1.16. The van der Waals surface area contributed by atoms with Gasteiger partial charge in [0.15, 0.2) is 0 Å². The number of benzene rings is 2. The minimum Gasteiger partial charge on any atom is -0.369 e. The lowest BCUT2D eigenvalue weighted by Crippen LogP contribution is -2.07. The number of para-hydroxylation sites is 1. The van der Waals surface area contributed by atoms with Crippen LogP contribution in [-0.4, -0.2) is 17.3 Å². The van der Waals surface area contributed by atoms with Gasteiger partial charge in [-0.15, -0.1) is 11.8 Å². The second-order valence-corrected chi connectivity index (χ2v) is 6.10. The van der Waals surface area contributed by atoms with E-state index in [0.29, 0.717) is 0 Å². The Morgan fingerprint density at radius 1 is 1.00 bits per heavy atom. The summed E-state index contributed by atoms with van der Waals surface area (Å²) in [4.78, 5) is 6.01. The zero-order chi connectivity index (χ0) is 14.5. The molecule has 0 saturated carbocycles. The number of rotatable bonds is 5. The van der Waals surface area contributed by atoms with E-state index in [1.807, 2.05) is 30.0 Å². The molecule has 0 amide bonds. The van der Waals surface area contributed by atoms with Gasteiger partial charge >= 0.3 is 0 Å². The number of pyridine rings is 1. The van der Waals surface area contributed by atoms with Gasteiger partial charge in [-0.2, -0.15) is 0 Å². The van der Waals surface area contributed by atoms with E-state index in [1.165, 1.54) is 15.8 Å². The standard InChI is InChI=1S/C18H18N2S/c1-14-13-15-7-5-6-10-17(15)20-18(14)19-11-12-21-16-8-3-2-4-9-16/h2-10,13H,11-12H2,1H3,(H,19,20). The quantitative estimate of drug-likeness (QED) is 0.543. The van der Waals surface area contributed by atoms with Crippen LogP contribution in [0.25, 0.3) is 10.9 Å². The lowest BCUT2D eigenvalue weighted by Gasteiger charge is -2.10. The molecule has 2 nitrogen and oxygen atoms in total. The van der Waals surface area contributed by atoms with Crippen molar-refractivity contribution < 1.29 is 0 Å². The van der Waals surface area contributed by atoms with Gasteiger partial charge in [0, 0.05) is 22.6 Å². The zero-order valence-corrected chi connectivity index (χ0v) is 12.9. The van der Waals surface area contributed by atoms with E-state index in [1.54, 1.807) is 0 Å². The van der Waals surface area contributed by atoms with Gasteiger partial charge in [-0.25, -0.2) is 4.98 Å². The third-order valence-electron chi connectivity index (χ3n) is 3.32. The van der Waals surface area contributed by atoms with E-state index < -0.39 is 0 Å². The number of nitrogens with one attached hydrogen (secondary N) is 1. The molecule has 1 heterocycles. The molecule has 106 valence electrons. The number of fused-ring (bicyclic) bond motifs is 1. The average Bonchev–Trinajstić information content (AvgIpc) is 2.53. The van der Waals surface area contributed by atoms with Crippen molar-refractivity contribution >= 4 is 28.5 Å². The van der Waals surface area contributed by atoms with E-state index in [9.17, 15) is 0 Å². The van der Waals surface area contributed by atoms with Crippen molar-refractivity contribution in [3.63, 3.8) is 0 Å². The van der Waals surface area contributed by atoms with Crippen molar-refractivity contribution in [3.05, 3.63) is 66.2 Å². The summed E-state index contributed by atoms with van der Waals surface area (Å²) in [6, 6.07) is 20.9. The molecule has 2 aromatic carbocycles. The smallest absolute Gasteiger partial charge is 0.129 e. The summed E-state index contributed by atoms with van der Waals surface area (Å²) in [6.07, 6.45) is 0. The van der Waals surface area contributed by atoms with Crippen LogP contribution in [-0.2, 0) is 0 Å². The normalized spacial score (nSPS) is 10.7. The summed E-state index contributed by atoms with van der Waals surface area (Å²) in [6.45, 7) is 3.01. The van der Waals surface area contributed by atoms with E-state index in [4.69, 9.17) is 4.98 Å². The highest BCUT2D eigenvalue weighted by atomic mass is 32.2. The Morgan fingerprint density at radius 2 is 1.76 bits per heavy atom. The molecule has 0 unspecified atom stereocenters. The maximum Gasteiger partial charge on any atom is 0.129 e. The van der Waals surface area contributed by atoms with Gasteiger partial charge in [-0.05, 0) is 36.8 Å². The largest absolute Gasteiger partial charge is 0.369 e. The molecule has 0 aliphatic carbocycles. The van der Waals surface area contributed by atoms with Crippen LogP contribution in [0, 0.1) is 6.92 Å². The molecule has 21 heavy (non-hydrogen) atoms. The fraction of sp³-hybridized carbons (Fsp3) is 0.167. The van der Waals surface area contributed by atoms with Crippen LogP contribution in [0.4, 0.5) is 5.82 Å². The van der Waals surface area contributed by atoms with Crippen LogP contribution >= 0.6 is 11.8 Å². The van der Waals surface area contributed by atoms with E-state index in [-0.39, 0.29) is 0 Å². The summed E-state index contributed by atoms with van der Waals surface area (Å²) < 4.78 is 0. The van der Waals surface area contributed by atoms with E-state index >= 15 is 0 Å². The van der Waals surface area contributed by atoms with Crippen molar-refractivity contribution in [2.24, 2.45) is 0 Å². The predicted molar refractivity (Wildman–Crippen MR) is 92.1 cm³/mol. The van der Waals surface area contributed by atoms with Gasteiger partial charge in [0.05, 0.1) is 5.52 Å². The average molecular weight is 294 g/mol. The van der Waals surface area contributed by atoms with Crippen LogP contribution < -0.4 is 5.32 Å². The molecular weight excluding hydrogens is 276 g/mol. The van der Waals surface area contributed by atoms with Crippen LogP contribution in [0.1, 0.15) is 5.56 Å². The fourth-order valence-corrected chi connectivity index (χ4v) is 3.05. The molecule has 0 atom stereocenters. The lowest BCUT2D eigenvalue weighted by atomic mass is 10.1. The van der Waals surface area contributed by atoms with Crippen molar-refractivity contribution in [1.29, 1.82) is 0 Å². The zero-order valence-electron chi connectivity index (χ0n) is 12.0. The minimum absolute atomic E-state index is 0.908. The molecule has 0 spiro atoms. The molecule has 3 aromatic rings. The summed E-state index contributed by atoms with van der Waals surface area (Å²) in [5.41, 5.74) is 2.24. The first-order valence-corrected chi connectivity index (χ1v) is 8.09. The number of thioether (sulfide) groups is 1. The molecule has 0 saturated heterocycles. The van der Waals surface area contributed by atoms with Crippen LogP contribution in [0.5, 0.6) is 0 Å². The first-order chi connectivity index (χ1) is 10.3. The molecule has 1 aromatic heterocycles. The van der Waals surface area contributed by atoms with Crippen LogP contribution in [0.3, 0.4) is 0 Å². The summed E-state index contributed by atoms with van der Waals surface area (Å²) in [7, 11) is 0. The molecule has 0 fully saturated rings. The molecule has 0 bridgehead atoms. The van der Waals surface area contributed by atoms with Crippen molar-refractivity contribution in [1.82, 2.24) is 4.98 Å². The fourth-order valence-electron chi connectivity index (χ4n) is 2.26. The first-order valence-electron chi connectivity index (χ1n) is 7.11. The topological polar surface area (TPSA) is 24.9 Å². The molecule has 3 rings (SSSR count). The third kappa shape index (κ3) is 3.56. The summed E-state index contributed by atoms with van der Waals surface area (Å²) >= 11 is 1.86. The number of hydrogen-bond donors (Lipinski definition) is 1. The molecular formula is C18H18N2S. The van der Waals surface area contributed by atoms with Gasteiger partial charge < -0.3 is 5.32 Å². The minimum atomic E-state index is 0.908. The monoisotopic (exact) mass is 294 g/mol.